The minimum atomic E-state index is -0.370. The van der Waals surface area contributed by atoms with Crippen LogP contribution in [0.3, 0.4) is 0 Å². The third kappa shape index (κ3) is 0.989. The van der Waals surface area contributed by atoms with Gasteiger partial charge in [-0.15, -0.1) is 0 Å². The highest BCUT2D eigenvalue weighted by atomic mass is 16.6. The first-order chi connectivity index (χ1) is 10.6. The normalized spacial score (nSPS) is 59.6. The summed E-state index contributed by atoms with van der Waals surface area (Å²) in [5.74, 6) is -1.51. The lowest BCUT2D eigenvalue weighted by atomic mass is 9.59. The summed E-state index contributed by atoms with van der Waals surface area (Å²) >= 11 is 0. The summed E-state index contributed by atoms with van der Waals surface area (Å²) in [5, 5.41) is 0. The molecule has 114 valence electrons. The van der Waals surface area contributed by atoms with Gasteiger partial charge in [-0.05, 0) is 48.3 Å². The molecule has 2 unspecified atom stereocenters. The molecule has 0 spiro atoms. The fourth-order valence-corrected chi connectivity index (χ4v) is 7.40. The van der Waals surface area contributed by atoms with Gasteiger partial charge >= 0.3 is 23.9 Å². The van der Waals surface area contributed by atoms with Crippen LogP contribution in [0.1, 0.15) is 12.8 Å². The number of rotatable bonds is 0. The fraction of sp³-hybridized carbons (Fsp3) is 0.750. The molecule has 4 aliphatic carbocycles. The largest absolute Gasteiger partial charge is 0.393 e. The van der Waals surface area contributed by atoms with E-state index in [4.69, 9.17) is 9.47 Å². The number of hydrogen-bond acceptors (Lipinski definition) is 6. The second-order valence-electron chi connectivity index (χ2n) is 7.86. The molecule has 0 aromatic carbocycles. The zero-order valence-corrected chi connectivity index (χ0v) is 11.6. The molecular formula is C16H14O6. The van der Waals surface area contributed by atoms with Gasteiger partial charge in [-0.1, -0.05) is 0 Å². The van der Waals surface area contributed by atoms with Crippen LogP contribution in [-0.2, 0) is 28.7 Å². The Kier molecular flexibility index (Phi) is 1.76. The summed E-state index contributed by atoms with van der Waals surface area (Å²) in [5.41, 5.74) is 0. The Morgan fingerprint density at radius 2 is 0.818 bits per heavy atom. The van der Waals surface area contributed by atoms with Crippen LogP contribution in [0.5, 0.6) is 0 Å². The van der Waals surface area contributed by atoms with Gasteiger partial charge < -0.3 is 9.47 Å². The van der Waals surface area contributed by atoms with Crippen LogP contribution in [0.2, 0.25) is 0 Å². The molecule has 0 N–H and O–H groups in total. The second-order valence-corrected chi connectivity index (χ2v) is 7.86. The van der Waals surface area contributed by atoms with E-state index in [0.29, 0.717) is 0 Å². The molecular weight excluding hydrogens is 288 g/mol. The number of cyclic esters (lactones) is 4. The van der Waals surface area contributed by atoms with E-state index in [1.807, 2.05) is 0 Å². The summed E-state index contributed by atoms with van der Waals surface area (Å²) in [6.45, 7) is 0. The minimum absolute atomic E-state index is 0.151. The minimum Gasteiger partial charge on any atom is -0.393 e. The molecule has 6 aliphatic rings. The van der Waals surface area contributed by atoms with Crippen LogP contribution in [0.15, 0.2) is 0 Å². The molecule has 0 radical (unpaired) electrons. The number of carbonyl (C=O) groups is 4. The highest BCUT2D eigenvalue weighted by molar-refractivity contribution is 5.99. The van der Waals surface area contributed by atoms with E-state index in [2.05, 4.69) is 0 Å². The van der Waals surface area contributed by atoms with Crippen molar-refractivity contribution < 1.29 is 28.7 Å². The van der Waals surface area contributed by atoms with Gasteiger partial charge in [0.05, 0.1) is 23.7 Å². The molecule has 2 saturated heterocycles. The summed E-state index contributed by atoms with van der Waals surface area (Å²) < 4.78 is 9.73. The third-order valence-electron chi connectivity index (χ3n) is 7.62. The van der Waals surface area contributed by atoms with E-state index >= 15 is 0 Å². The summed E-state index contributed by atoms with van der Waals surface area (Å²) in [4.78, 5) is 48.0. The molecule has 10 atom stereocenters. The van der Waals surface area contributed by atoms with Gasteiger partial charge in [-0.25, -0.2) is 0 Å². The third-order valence-corrected chi connectivity index (χ3v) is 7.62. The first-order valence-electron chi connectivity index (χ1n) is 8.09. The average molecular weight is 302 g/mol. The molecule has 4 bridgehead atoms. The smallest absolute Gasteiger partial charge is 0.317 e. The van der Waals surface area contributed by atoms with E-state index < -0.39 is 0 Å². The van der Waals surface area contributed by atoms with Gasteiger partial charge in [0.15, 0.2) is 0 Å². The van der Waals surface area contributed by atoms with Crippen LogP contribution in [0, 0.1) is 59.2 Å². The predicted molar refractivity (Wildman–Crippen MR) is 66.3 cm³/mol. The van der Waals surface area contributed by atoms with Crippen molar-refractivity contribution in [3.63, 3.8) is 0 Å². The lowest BCUT2D eigenvalue weighted by Gasteiger charge is -2.40. The number of hydrogen-bond donors (Lipinski definition) is 0. The first kappa shape index (κ1) is 11.8. The van der Waals surface area contributed by atoms with Crippen molar-refractivity contribution in [2.45, 2.75) is 12.8 Å². The fourth-order valence-electron chi connectivity index (χ4n) is 7.40. The van der Waals surface area contributed by atoms with Crippen LogP contribution < -0.4 is 0 Å². The van der Waals surface area contributed by atoms with Gasteiger partial charge in [-0.3, -0.25) is 19.2 Å². The SMILES string of the molecule is O=C1OC(=O)[C@H]2[C@@H]1[C@@H]1C[C@H]2C2C1[C@@H]1C[C@H]2[C@H]2C(=O)OC(=O)[C@@H]21. The Bertz CT molecular complexity index is 572. The van der Waals surface area contributed by atoms with Gasteiger partial charge in [0.25, 0.3) is 0 Å². The quantitative estimate of drug-likeness (QED) is 0.360. The van der Waals surface area contributed by atoms with Gasteiger partial charge in [0.1, 0.15) is 0 Å². The van der Waals surface area contributed by atoms with Crippen LogP contribution in [-0.4, -0.2) is 23.9 Å². The van der Waals surface area contributed by atoms with E-state index in [-0.39, 0.29) is 83.1 Å². The van der Waals surface area contributed by atoms with Crippen LogP contribution >= 0.6 is 0 Å². The molecule has 0 amide bonds. The molecule has 22 heavy (non-hydrogen) atoms. The van der Waals surface area contributed by atoms with Crippen LogP contribution in [0.4, 0.5) is 0 Å². The van der Waals surface area contributed by atoms with Gasteiger partial charge in [-0.2, -0.15) is 0 Å². The number of ether oxygens (including phenoxy) is 2. The van der Waals surface area contributed by atoms with Crippen molar-refractivity contribution in [3.8, 4) is 0 Å². The zero-order valence-electron chi connectivity index (χ0n) is 11.6. The summed E-state index contributed by atoms with van der Waals surface area (Å²) in [7, 11) is 0. The molecule has 2 aliphatic heterocycles. The Morgan fingerprint density at radius 1 is 0.545 bits per heavy atom. The Morgan fingerprint density at radius 3 is 1.09 bits per heavy atom. The molecule has 0 aromatic heterocycles. The van der Waals surface area contributed by atoms with E-state index in [0.717, 1.165) is 12.8 Å². The van der Waals surface area contributed by atoms with Crippen LogP contribution in [0.25, 0.3) is 0 Å². The number of fused-ring (bicyclic) bond motifs is 15. The van der Waals surface area contributed by atoms with Crippen molar-refractivity contribution in [1.29, 1.82) is 0 Å². The van der Waals surface area contributed by atoms with E-state index in [1.54, 1.807) is 0 Å². The standard InChI is InChI=1S/C16H14O6/c17-13-9-3-1-4(10(9)14(18)21-13)8-6-2-5(7(3)8)11-12(6)16(20)22-15(11)19/h3-12H,1-2H2/t3-,4+,5+,6-,7?,8?,9-,10-,11-,12+/m1/s1. The highest BCUT2D eigenvalue weighted by Gasteiger charge is 2.77. The lowest BCUT2D eigenvalue weighted by Crippen LogP contribution is -2.45. The topological polar surface area (TPSA) is 86.7 Å². The predicted octanol–water partition coefficient (Wildman–Crippen LogP) is 0.150. The maximum atomic E-state index is 12.0. The summed E-state index contributed by atoms with van der Waals surface area (Å²) in [6.07, 6.45) is 1.75. The lowest BCUT2D eigenvalue weighted by molar-refractivity contribution is -0.156. The molecule has 6 rings (SSSR count). The van der Waals surface area contributed by atoms with Crippen molar-refractivity contribution in [2.24, 2.45) is 59.2 Å². The van der Waals surface area contributed by atoms with Gasteiger partial charge in [0.2, 0.25) is 0 Å². The second kappa shape index (κ2) is 3.29. The van der Waals surface area contributed by atoms with Gasteiger partial charge in [0, 0.05) is 0 Å². The zero-order chi connectivity index (χ0) is 14.9. The van der Waals surface area contributed by atoms with Crippen molar-refractivity contribution in [1.82, 2.24) is 0 Å². The van der Waals surface area contributed by atoms with Crippen molar-refractivity contribution in [2.75, 3.05) is 0 Å². The monoisotopic (exact) mass is 302 g/mol. The average Bonchev–Trinajstić information content (AvgIpc) is 3.21. The maximum absolute atomic E-state index is 12.0. The van der Waals surface area contributed by atoms with E-state index in [9.17, 15) is 19.2 Å². The Labute approximate surface area is 125 Å². The molecule has 4 saturated carbocycles. The molecule has 6 nitrogen and oxygen atoms in total. The first-order valence-corrected chi connectivity index (χ1v) is 8.09. The number of carbonyl (C=O) groups excluding carboxylic acids is 4. The maximum Gasteiger partial charge on any atom is 0.317 e. The molecule has 6 fully saturated rings. The molecule has 0 aromatic rings. The van der Waals surface area contributed by atoms with Crippen molar-refractivity contribution in [3.05, 3.63) is 0 Å². The molecule has 6 heteroatoms. The van der Waals surface area contributed by atoms with E-state index in [1.165, 1.54) is 0 Å². The molecule has 2 heterocycles. The Balaban J connectivity index is 1.46. The Hall–Kier alpha value is -1.72. The van der Waals surface area contributed by atoms with Crippen molar-refractivity contribution >= 4 is 23.9 Å². The summed E-state index contributed by atoms with van der Waals surface area (Å²) in [6, 6.07) is 0. The highest BCUT2D eigenvalue weighted by Crippen LogP contribution is 2.74. The number of esters is 4.